The molecule has 3 aromatic heterocycles. The van der Waals surface area contributed by atoms with Crippen LogP contribution in [0.15, 0.2) is 61.2 Å². The van der Waals surface area contributed by atoms with Crippen LogP contribution in [-0.4, -0.2) is 73.9 Å². The summed E-state index contributed by atoms with van der Waals surface area (Å²) in [6, 6.07) is 10.5. The SMILES string of the molecule is O=C(CN1CCN(C(=O)c2cn(-c3ncccn3)c3cc(Cl)ccc23)CC1)Nc1ccc(Cl)cn1. The number of pyridine rings is 1. The highest BCUT2D eigenvalue weighted by Gasteiger charge is 2.26. The van der Waals surface area contributed by atoms with Gasteiger partial charge >= 0.3 is 0 Å². The Labute approximate surface area is 211 Å². The predicted molar refractivity (Wildman–Crippen MR) is 134 cm³/mol. The second-order valence-corrected chi connectivity index (χ2v) is 8.97. The zero-order chi connectivity index (χ0) is 24.4. The molecule has 35 heavy (non-hydrogen) atoms. The Morgan fingerprint density at radius 2 is 1.69 bits per heavy atom. The summed E-state index contributed by atoms with van der Waals surface area (Å²) in [4.78, 5) is 42.4. The minimum Gasteiger partial charge on any atom is -0.336 e. The van der Waals surface area contributed by atoms with Crippen molar-refractivity contribution in [3.63, 3.8) is 0 Å². The van der Waals surface area contributed by atoms with Gasteiger partial charge in [0.05, 0.1) is 22.6 Å². The second-order valence-electron chi connectivity index (χ2n) is 8.10. The first-order valence-corrected chi connectivity index (χ1v) is 11.7. The number of aromatic nitrogens is 4. The topological polar surface area (TPSA) is 96.3 Å². The third-order valence-corrected chi connectivity index (χ3v) is 6.25. The molecule has 0 aliphatic carbocycles. The van der Waals surface area contributed by atoms with Gasteiger partial charge in [0.2, 0.25) is 11.9 Å². The Balaban J connectivity index is 1.27. The summed E-state index contributed by atoms with van der Waals surface area (Å²) in [5.41, 5.74) is 1.32. The third kappa shape index (κ3) is 5.12. The lowest BCUT2D eigenvalue weighted by molar-refractivity contribution is -0.117. The molecule has 1 aliphatic heterocycles. The van der Waals surface area contributed by atoms with Crippen LogP contribution < -0.4 is 5.32 Å². The summed E-state index contributed by atoms with van der Waals surface area (Å²) >= 11 is 12.1. The molecule has 0 saturated carbocycles. The average molecular weight is 510 g/mol. The number of hydrogen-bond acceptors (Lipinski definition) is 6. The van der Waals surface area contributed by atoms with Gasteiger partial charge in [-0.15, -0.1) is 0 Å². The molecule has 1 saturated heterocycles. The lowest BCUT2D eigenvalue weighted by Crippen LogP contribution is -2.50. The standard InChI is InChI=1S/C24H21Cl2N7O2/c25-16-2-4-18-19(14-33(20(18)12-16)24-27-6-1-7-28-24)23(35)32-10-8-31(9-11-32)15-22(34)30-21-5-3-17(26)13-29-21/h1-7,12-14H,8-11,15H2,(H,29,30,34). The summed E-state index contributed by atoms with van der Waals surface area (Å²) in [5.74, 6) is 0.667. The molecule has 0 unspecified atom stereocenters. The number of amides is 2. The predicted octanol–water partition coefficient (Wildman–Crippen LogP) is 3.52. The maximum Gasteiger partial charge on any atom is 0.256 e. The van der Waals surface area contributed by atoms with Crippen molar-refractivity contribution in [1.82, 2.24) is 29.3 Å². The maximum absolute atomic E-state index is 13.5. The van der Waals surface area contributed by atoms with Crippen LogP contribution in [-0.2, 0) is 4.79 Å². The monoisotopic (exact) mass is 509 g/mol. The van der Waals surface area contributed by atoms with Crippen LogP contribution in [0.3, 0.4) is 0 Å². The highest BCUT2D eigenvalue weighted by atomic mass is 35.5. The van der Waals surface area contributed by atoms with Crippen LogP contribution in [0.5, 0.6) is 0 Å². The molecular weight excluding hydrogens is 489 g/mol. The molecule has 178 valence electrons. The summed E-state index contributed by atoms with van der Waals surface area (Å²) < 4.78 is 1.78. The number of carbonyl (C=O) groups is 2. The zero-order valence-corrected chi connectivity index (χ0v) is 20.1. The molecule has 4 heterocycles. The van der Waals surface area contributed by atoms with Crippen molar-refractivity contribution in [3.8, 4) is 5.95 Å². The highest BCUT2D eigenvalue weighted by molar-refractivity contribution is 6.31. The number of nitrogens with zero attached hydrogens (tertiary/aromatic N) is 6. The molecule has 2 amide bonds. The Bertz CT molecular complexity index is 1370. The molecule has 1 aliphatic rings. The third-order valence-electron chi connectivity index (χ3n) is 5.79. The summed E-state index contributed by atoms with van der Waals surface area (Å²) in [6.45, 7) is 2.40. The number of anilines is 1. The highest BCUT2D eigenvalue weighted by Crippen LogP contribution is 2.28. The number of fused-ring (bicyclic) bond motifs is 1. The number of carbonyl (C=O) groups excluding carboxylic acids is 2. The van der Waals surface area contributed by atoms with Crippen molar-refractivity contribution in [2.45, 2.75) is 0 Å². The van der Waals surface area contributed by atoms with Crippen LogP contribution in [0.1, 0.15) is 10.4 Å². The van der Waals surface area contributed by atoms with Crippen LogP contribution in [0.4, 0.5) is 5.82 Å². The van der Waals surface area contributed by atoms with Gasteiger partial charge in [-0.05, 0) is 30.3 Å². The Morgan fingerprint density at radius 1 is 0.943 bits per heavy atom. The molecule has 0 radical (unpaired) electrons. The Kier molecular flexibility index (Phi) is 6.63. The fourth-order valence-electron chi connectivity index (χ4n) is 4.07. The maximum atomic E-state index is 13.5. The molecule has 4 aromatic rings. The zero-order valence-electron chi connectivity index (χ0n) is 18.6. The molecule has 5 rings (SSSR count). The van der Waals surface area contributed by atoms with Gasteiger partial charge in [0.1, 0.15) is 5.82 Å². The molecule has 9 nitrogen and oxygen atoms in total. The van der Waals surface area contributed by atoms with E-state index in [-0.39, 0.29) is 18.4 Å². The van der Waals surface area contributed by atoms with Crippen molar-refractivity contribution >= 4 is 51.7 Å². The smallest absolute Gasteiger partial charge is 0.256 e. The first-order valence-electron chi connectivity index (χ1n) is 11.0. The molecule has 1 N–H and O–H groups in total. The van der Waals surface area contributed by atoms with Crippen molar-refractivity contribution in [2.24, 2.45) is 0 Å². The first kappa shape index (κ1) is 23.2. The molecule has 1 fully saturated rings. The number of rotatable bonds is 5. The lowest BCUT2D eigenvalue weighted by Gasteiger charge is -2.34. The fraction of sp³-hybridized carbons (Fsp3) is 0.208. The van der Waals surface area contributed by atoms with E-state index >= 15 is 0 Å². The second kappa shape index (κ2) is 9.99. The number of halogens is 2. The van der Waals surface area contributed by atoms with Gasteiger partial charge in [-0.1, -0.05) is 29.3 Å². The Morgan fingerprint density at radius 3 is 2.40 bits per heavy atom. The molecule has 0 spiro atoms. The van der Waals surface area contributed by atoms with Crippen LogP contribution in [0, 0.1) is 0 Å². The Hall–Kier alpha value is -3.53. The normalized spacial score (nSPS) is 14.3. The summed E-state index contributed by atoms with van der Waals surface area (Å²) in [5, 5.41) is 4.61. The number of benzene rings is 1. The average Bonchev–Trinajstić information content (AvgIpc) is 3.24. The fourth-order valence-corrected chi connectivity index (χ4v) is 4.34. The van der Waals surface area contributed by atoms with Gasteiger partial charge in [-0.3, -0.25) is 19.1 Å². The molecule has 0 atom stereocenters. The van der Waals surface area contributed by atoms with Gasteiger partial charge in [0.15, 0.2) is 0 Å². The van der Waals surface area contributed by atoms with E-state index in [4.69, 9.17) is 23.2 Å². The van der Waals surface area contributed by atoms with E-state index in [1.165, 1.54) is 6.20 Å². The number of piperazine rings is 1. The first-order chi connectivity index (χ1) is 17.0. The van der Waals surface area contributed by atoms with Crippen LogP contribution >= 0.6 is 23.2 Å². The molecule has 11 heteroatoms. The van der Waals surface area contributed by atoms with Crippen molar-refractivity contribution in [3.05, 3.63) is 76.8 Å². The van der Waals surface area contributed by atoms with E-state index in [1.807, 2.05) is 11.0 Å². The molecule has 0 bridgehead atoms. The lowest BCUT2D eigenvalue weighted by atomic mass is 10.1. The minimum atomic E-state index is -0.164. The van der Waals surface area contributed by atoms with Gasteiger partial charge in [0.25, 0.3) is 5.91 Å². The van der Waals surface area contributed by atoms with Crippen molar-refractivity contribution in [1.29, 1.82) is 0 Å². The van der Waals surface area contributed by atoms with Crippen molar-refractivity contribution in [2.75, 3.05) is 38.0 Å². The van der Waals surface area contributed by atoms with E-state index in [0.717, 1.165) is 10.9 Å². The summed E-state index contributed by atoms with van der Waals surface area (Å²) in [6.07, 6.45) is 6.55. The van der Waals surface area contributed by atoms with Crippen LogP contribution in [0.25, 0.3) is 16.9 Å². The van der Waals surface area contributed by atoms with Gasteiger partial charge < -0.3 is 10.2 Å². The molecular formula is C24H21Cl2N7O2. The largest absolute Gasteiger partial charge is 0.336 e. The van der Waals surface area contributed by atoms with E-state index in [1.54, 1.807) is 58.4 Å². The quantitative estimate of drug-likeness (QED) is 0.442. The van der Waals surface area contributed by atoms with E-state index in [2.05, 4.69) is 20.3 Å². The van der Waals surface area contributed by atoms with Crippen molar-refractivity contribution < 1.29 is 9.59 Å². The number of hydrogen-bond donors (Lipinski definition) is 1. The van der Waals surface area contributed by atoms with E-state index in [0.29, 0.717) is 53.6 Å². The van der Waals surface area contributed by atoms with E-state index < -0.39 is 0 Å². The van der Waals surface area contributed by atoms with E-state index in [9.17, 15) is 9.59 Å². The summed E-state index contributed by atoms with van der Waals surface area (Å²) in [7, 11) is 0. The minimum absolute atomic E-state index is 0.0820. The number of nitrogens with one attached hydrogen (secondary N) is 1. The molecule has 1 aromatic carbocycles. The van der Waals surface area contributed by atoms with Gasteiger partial charge in [-0.2, -0.15) is 0 Å². The van der Waals surface area contributed by atoms with Gasteiger partial charge in [0, 0.05) is 61.4 Å². The van der Waals surface area contributed by atoms with Crippen LogP contribution in [0.2, 0.25) is 10.0 Å². The van der Waals surface area contributed by atoms with Gasteiger partial charge in [-0.25, -0.2) is 15.0 Å².